The summed E-state index contributed by atoms with van der Waals surface area (Å²) in [6.07, 6.45) is -0.586. The number of para-hydroxylation sites is 1. The summed E-state index contributed by atoms with van der Waals surface area (Å²) in [5.41, 5.74) is 2.41. The number of amides is 3. The summed E-state index contributed by atoms with van der Waals surface area (Å²) in [6.45, 7) is 2.90. The molecule has 7 nitrogen and oxygen atoms in total. The third kappa shape index (κ3) is 2.73. The Kier molecular flexibility index (Phi) is 4.13. The van der Waals surface area contributed by atoms with Crippen molar-refractivity contribution in [1.29, 1.82) is 0 Å². The van der Waals surface area contributed by atoms with Gasteiger partial charge in [0.15, 0.2) is 0 Å². The van der Waals surface area contributed by atoms with Crippen LogP contribution >= 0.6 is 0 Å². The average molecular weight is 390 g/mol. The predicted molar refractivity (Wildman–Crippen MR) is 108 cm³/mol. The van der Waals surface area contributed by atoms with Gasteiger partial charge in [0.2, 0.25) is 5.91 Å². The van der Waals surface area contributed by atoms with Gasteiger partial charge in [0.05, 0.1) is 11.3 Å². The highest BCUT2D eigenvalue weighted by Gasteiger charge is 2.48. The van der Waals surface area contributed by atoms with E-state index in [1.807, 2.05) is 31.3 Å². The number of fused-ring (bicyclic) bond motifs is 5. The van der Waals surface area contributed by atoms with E-state index in [0.29, 0.717) is 29.9 Å². The lowest BCUT2D eigenvalue weighted by Crippen LogP contribution is -2.54. The average Bonchev–Trinajstić information content (AvgIpc) is 3.04. The van der Waals surface area contributed by atoms with Crippen LogP contribution in [-0.4, -0.2) is 72.2 Å². The minimum atomic E-state index is -0.586. The van der Waals surface area contributed by atoms with Crippen LogP contribution in [0.5, 0.6) is 0 Å². The van der Waals surface area contributed by atoms with Gasteiger partial charge in [-0.15, -0.1) is 0 Å². The second-order valence-corrected chi connectivity index (χ2v) is 7.77. The second kappa shape index (κ2) is 6.70. The molecular formula is C22H22N4O3. The van der Waals surface area contributed by atoms with Gasteiger partial charge in [0, 0.05) is 37.3 Å². The first-order valence-electron chi connectivity index (χ1n) is 9.85. The zero-order valence-electron chi connectivity index (χ0n) is 16.2. The maximum atomic E-state index is 13.4. The maximum Gasteiger partial charge on any atom is 0.260 e. The molecule has 3 heterocycles. The molecule has 3 aliphatic rings. The maximum absolute atomic E-state index is 13.4. The van der Waals surface area contributed by atoms with Crippen LogP contribution < -0.4 is 4.90 Å². The fourth-order valence-electron chi connectivity index (χ4n) is 4.44. The van der Waals surface area contributed by atoms with E-state index in [1.54, 1.807) is 39.0 Å². The number of carbonyl (C=O) groups is 3. The topological polar surface area (TPSA) is 64.2 Å². The van der Waals surface area contributed by atoms with Crippen LogP contribution in [0.1, 0.15) is 32.4 Å². The Morgan fingerprint density at radius 2 is 1.55 bits per heavy atom. The van der Waals surface area contributed by atoms with Gasteiger partial charge in [-0.05, 0) is 25.2 Å². The minimum Gasteiger partial charge on any atom is -0.339 e. The van der Waals surface area contributed by atoms with Crippen molar-refractivity contribution in [3.05, 3.63) is 65.2 Å². The van der Waals surface area contributed by atoms with Crippen molar-refractivity contribution < 1.29 is 14.4 Å². The van der Waals surface area contributed by atoms with Crippen LogP contribution in [0, 0.1) is 0 Å². The highest BCUT2D eigenvalue weighted by atomic mass is 16.2. The van der Waals surface area contributed by atoms with Crippen LogP contribution in [0.25, 0.3) is 0 Å². The molecular weight excluding hydrogens is 368 g/mol. The molecule has 0 aromatic heterocycles. The molecule has 5 rings (SSSR count). The SMILES string of the molecule is CN1CCN(C(=O)CN2C(=O)c3ccccc3N3C(=O)c4ccccc4[C@H]23)CC1. The number of piperazine rings is 1. The Bertz CT molecular complexity index is 1010. The van der Waals surface area contributed by atoms with E-state index in [2.05, 4.69) is 4.90 Å². The molecule has 29 heavy (non-hydrogen) atoms. The quantitative estimate of drug-likeness (QED) is 0.781. The van der Waals surface area contributed by atoms with Crippen molar-refractivity contribution in [2.45, 2.75) is 6.17 Å². The minimum absolute atomic E-state index is 0.0420. The number of hydrogen-bond donors (Lipinski definition) is 0. The number of carbonyl (C=O) groups excluding carboxylic acids is 3. The highest BCUT2D eigenvalue weighted by Crippen LogP contribution is 2.44. The first-order chi connectivity index (χ1) is 14.1. The lowest BCUT2D eigenvalue weighted by Gasteiger charge is -2.41. The molecule has 2 aromatic rings. The number of nitrogens with zero attached hydrogens (tertiary/aromatic N) is 4. The number of rotatable bonds is 2. The number of anilines is 1. The fourth-order valence-corrected chi connectivity index (χ4v) is 4.44. The second-order valence-electron chi connectivity index (χ2n) is 7.77. The third-order valence-corrected chi connectivity index (χ3v) is 6.04. The molecule has 7 heteroatoms. The zero-order chi connectivity index (χ0) is 20.1. The van der Waals surface area contributed by atoms with Gasteiger partial charge in [0.1, 0.15) is 12.7 Å². The van der Waals surface area contributed by atoms with Gasteiger partial charge in [-0.2, -0.15) is 0 Å². The first kappa shape index (κ1) is 17.9. The summed E-state index contributed by atoms with van der Waals surface area (Å²) in [7, 11) is 2.03. The standard InChI is InChI=1S/C22H22N4O3/c1-23-10-12-24(13-11-23)19(27)14-25-20-15-6-2-3-7-16(15)22(29)26(20)18-9-5-4-8-17(18)21(25)28/h2-9,20H,10-14H2,1H3/t20-/m1/s1. The highest BCUT2D eigenvalue weighted by molar-refractivity contribution is 6.17. The smallest absolute Gasteiger partial charge is 0.260 e. The number of hydrogen-bond acceptors (Lipinski definition) is 4. The van der Waals surface area contributed by atoms with Crippen molar-refractivity contribution in [3.8, 4) is 0 Å². The molecule has 3 aliphatic heterocycles. The lowest BCUT2D eigenvalue weighted by molar-refractivity contribution is -0.134. The molecule has 1 fully saturated rings. The Hall–Kier alpha value is -3.19. The van der Waals surface area contributed by atoms with Crippen molar-refractivity contribution in [2.24, 2.45) is 0 Å². The van der Waals surface area contributed by atoms with Gasteiger partial charge in [-0.1, -0.05) is 30.3 Å². The van der Waals surface area contributed by atoms with Gasteiger partial charge >= 0.3 is 0 Å². The number of likely N-dealkylation sites (N-methyl/N-ethyl adjacent to an activating group) is 1. The summed E-state index contributed by atoms with van der Waals surface area (Å²) in [5.74, 6) is -0.431. The summed E-state index contributed by atoms with van der Waals surface area (Å²) in [6, 6.07) is 14.5. The molecule has 0 unspecified atom stereocenters. The number of benzene rings is 2. The molecule has 0 N–H and O–H groups in total. The molecule has 3 amide bonds. The Labute approximate surface area is 169 Å². The van der Waals surface area contributed by atoms with Gasteiger partial charge < -0.3 is 14.7 Å². The normalized spacial score (nSPS) is 21.1. The molecule has 0 spiro atoms. The van der Waals surface area contributed by atoms with Crippen molar-refractivity contribution in [3.63, 3.8) is 0 Å². The van der Waals surface area contributed by atoms with Gasteiger partial charge in [-0.3, -0.25) is 19.3 Å². The van der Waals surface area contributed by atoms with E-state index in [9.17, 15) is 14.4 Å². The van der Waals surface area contributed by atoms with Crippen LogP contribution in [-0.2, 0) is 4.79 Å². The monoisotopic (exact) mass is 390 g/mol. The van der Waals surface area contributed by atoms with E-state index in [4.69, 9.17) is 0 Å². The van der Waals surface area contributed by atoms with Crippen molar-refractivity contribution in [2.75, 3.05) is 44.7 Å². The molecule has 1 atom stereocenters. The Morgan fingerprint density at radius 1 is 0.897 bits per heavy atom. The molecule has 2 aromatic carbocycles. The Morgan fingerprint density at radius 3 is 2.31 bits per heavy atom. The van der Waals surface area contributed by atoms with Crippen LogP contribution in [0.3, 0.4) is 0 Å². The van der Waals surface area contributed by atoms with Crippen molar-refractivity contribution >= 4 is 23.4 Å². The zero-order valence-corrected chi connectivity index (χ0v) is 16.2. The molecule has 0 aliphatic carbocycles. The van der Waals surface area contributed by atoms with Crippen LogP contribution in [0.4, 0.5) is 5.69 Å². The molecule has 1 saturated heterocycles. The van der Waals surface area contributed by atoms with Crippen molar-refractivity contribution in [1.82, 2.24) is 14.7 Å². The summed E-state index contributed by atoms with van der Waals surface area (Å²) < 4.78 is 0. The van der Waals surface area contributed by atoms with E-state index in [1.165, 1.54) is 0 Å². The van der Waals surface area contributed by atoms with Crippen LogP contribution in [0.15, 0.2) is 48.5 Å². The fraction of sp³-hybridized carbons (Fsp3) is 0.318. The van der Waals surface area contributed by atoms with E-state index in [0.717, 1.165) is 18.7 Å². The summed E-state index contributed by atoms with van der Waals surface area (Å²) in [4.78, 5) is 46.7. The van der Waals surface area contributed by atoms with E-state index < -0.39 is 6.17 Å². The first-order valence-corrected chi connectivity index (χ1v) is 9.85. The molecule has 148 valence electrons. The van der Waals surface area contributed by atoms with Gasteiger partial charge in [-0.25, -0.2) is 0 Å². The van der Waals surface area contributed by atoms with E-state index >= 15 is 0 Å². The largest absolute Gasteiger partial charge is 0.339 e. The molecule has 0 bridgehead atoms. The summed E-state index contributed by atoms with van der Waals surface area (Å²) in [5, 5.41) is 0. The molecule has 0 radical (unpaired) electrons. The Balaban J connectivity index is 1.54. The predicted octanol–water partition coefficient (Wildman–Crippen LogP) is 1.58. The molecule has 0 saturated carbocycles. The van der Waals surface area contributed by atoms with Crippen LogP contribution in [0.2, 0.25) is 0 Å². The van der Waals surface area contributed by atoms with E-state index in [-0.39, 0.29) is 24.3 Å². The van der Waals surface area contributed by atoms with Gasteiger partial charge in [0.25, 0.3) is 11.8 Å². The third-order valence-electron chi connectivity index (χ3n) is 6.04. The summed E-state index contributed by atoms with van der Waals surface area (Å²) >= 11 is 0. The lowest BCUT2D eigenvalue weighted by atomic mass is 10.0.